The molecule has 0 atom stereocenters. The molecule has 0 unspecified atom stereocenters. The van der Waals surface area contributed by atoms with E-state index in [1.165, 1.54) is 23.5 Å². The standard InChI is InChI=1S/C20H16N4O4S/c1-27-18-8-5-15(9-19(18)28-2)22-11-14(10-21)20-23-17(12-29-20)13-3-6-16(7-4-13)24(25)26/h3-9,11-12,22H,1-2H3/b14-11-. The number of hydrogen-bond acceptors (Lipinski definition) is 8. The average Bonchev–Trinajstić information content (AvgIpc) is 3.24. The van der Waals surface area contributed by atoms with Gasteiger partial charge in [-0.2, -0.15) is 5.26 Å². The van der Waals surface area contributed by atoms with Crippen LogP contribution in [0.2, 0.25) is 0 Å². The molecule has 1 heterocycles. The number of nitrogens with zero attached hydrogens (tertiary/aromatic N) is 3. The maximum absolute atomic E-state index is 10.8. The van der Waals surface area contributed by atoms with Crippen molar-refractivity contribution in [2.24, 2.45) is 0 Å². The minimum atomic E-state index is -0.452. The van der Waals surface area contributed by atoms with E-state index in [0.29, 0.717) is 27.8 Å². The molecule has 1 N–H and O–H groups in total. The molecule has 0 aliphatic rings. The Hall–Kier alpha value is -3.90. The molecule has 0 aliphatic carbocycles. The van der Waals surface area contributed by atoms with E-state index in [1.807, 2.05) is 0 Å². The van der Waals surface area contributed by atoms with Gasteiger partial charge >= 0.3 is 0 Å². The number of allylic oxidation sites excluding steroid dienone is 1. The monoisotopic (exact) mass is 408 g/mol. The van der Waals surface area contributed by atoms with Crippen molar-refractivity contribution in [1.82, 2.24) is 4.98 Å². The molecule has 0 saturated heterocycles. The quantitative estimate of drug-likeness (QED) is 0.342. The molecule has 0 amide bonds. The highest BCUT2D eigenvalue weighted by atomic mass is 32.1. The summed E-state index contributed by atoms with van der Waals surface area (Å²) in [6, 6.07) is 13.6. The third kappa shape index (κ3) is 4.51. The number of thiazole rings is 1. The molecule has 0 saturated carbocycles. The first kappa shape index (κ1) is 19.9. The number of nitriles is 1. The minimum absolute atomic E-state index is 0.0148. The number of benzene rings is 2. The fourth-order valence-corrected chi connectivity index (χ4v) is 3.30. The van der Waals surface area contributed by atoms with Gasteiger partial charge in [0.25, 0.3) is 5.69 Å². The summed E-state index contributed by atoms with van der Waals surface area (Å²) in [6.45, 7) is 0. The minimum Gasteiger partial charge on any atom is -0.493 e. The van der Waals surface area contributed by atoms with Crippen molar-refractivity contribution in [1.29, 1.82) is 5.26 Å². The Kier molecular flexibility index (Phi) is 6.06. The van der Waals surface area contributed by atoms with Crippen molar-refractivity contribution in [3.05, 3.63) is 69.2 Å². The number of methoxy groups -OCH3 is 2. The van der Waals surface area contributed by atoms with Crippen molar-refractivity contribution < 1.29 is 14.4 Å². The molecule has 0 spiro atoms. The second kappa shape index (κ2) is 8.86. The normalized spacial score (nSPS) is 10.9. The SMILES string of the molecule is COc1ccc(N/C=C(/C#N)c2nc(-c3ccc([N+](=O)[O-])cc3)cs2)cc1OC. The van der Waals surface area contributed by atoms with Crippen LogP contribution in [0.5, 0.6) is 11.5 Å². The summed E-state index contributed by atoms with van der Waals surface area (Å²) >= 11 is 1.32. The highest BCUT2D eigenvalue weighted by molar-refractivity contribution is 7.11. The smallest absolute Gasteiger partial charge is 0.269 e. The van der Waals surface area contributed by atoms with Gasteiger partial charge in [0.1, 0.15) is 16.6 Å². The van der Waals surface area contributed by atoms with Crippen molar-refractivity contribution >= 4 is 28.3 Å². The Morgan fingerprint density at radius 1 is 1.21 bits per heavy atom. The van der Waals surface area contributed by atoms with E-state index < -0.39 is 4.92 Å². The number of nitro benzene ring substituents is 1. The maximum Gasteiger partial charge on any atom is 0.269 e. The van der Waals surface area contributed by atoms with Gasteiger partial charge in [0, 0.05) is 41.0 Å². The Morgan fingerprint density at radius 3 is 2.55 bits per heavy atom. The van der Waals surface area contributed by atoms with E-state index in [4.69, 9.17) is 9.47 Å². The summed E-state index contributed by atoms with van der Waals surface area (Å²) in [5.74, 6) is 1.18. The van der Waals surface area contributed by atoms with Gasteiger partial charge in [0.2, 0.25) is 0 Å². The van der Waals surface area contributed by atoms with Crippen LogP contribution in [0.1, 0.15) is 5.01 Å². The number of anilines is 1. The lowest BCUT2D eigenvalue weighted by molar-refractivity contribution is -0.384. The predicted octanol–water partition coefficient (Wildman–Crippen LogP) is 4.71. The van der Waals surface area contributed by atoms with E-state index in [9.17, 15) is 15.4 Å². The molecule has 8 nitrogen and oxygen atoms in total. The first-order valence-corrected chi connectivity index (χ1v) is 9.23. The fraction of sp³-hybridized carbons (Fsp3) is 0.100. The summed E-state index contributed by atoms with van der Waals surface area (Å²) in [5, 5.41) is 25.7. The van der Waals surface area contributed by atoms with Crippen LogP contribution in [0.25, 0.3) is 16.8 Å². The lowest BCUT2D eigenvalue weighted by Gasteiger charge is -2.09. The lowest BCUT2D eigenvalue weighted by atomic mass is 10.1. The van der Waals surface area contributed by atoms with Crippen molar-refractivity contribution in [2.45, 2.75) is 0 Å². The summed E-state index contributed by atoms with van der Waals surface area (Å²) in [4.78, 5) is 14.8. The summed E-state index contributed by atoms with van der Waals surface area (Å²) in [6.07, 6.45) is 1.57. The molecular formula is C20H16N4O4S. The van der Waals surface area contributed by atoms with Gasteiger partial charge in [-0.05, 0) is 24.3 Å². The van der Waals surface area contributed by atoms with E-state index in [-0.39, 0.29) is 5.69 Å². The number of nitro groups is 1. The molecule has 3 aromatic rings. The number of rotatable bonds is 7. The van der Waals surface area contributed by atoms with Gasteiger partial charge < -0.3 is 14.8 Å². The van der Waals surface area contributed by atoms with Crippen LogP contribution in [0.4, 0.5) is 11.4 Å². The molecule has 1 aromatic heterocycles. The van der Waals surface area contributed by atoms with E-state index in [2.05, 4.69) is 16.4 Å². The zero-order valence-electron chi connectivity index (χ0n) is 15.6. The maximum atomic E-state index is 10.8. The highest BCUT2D eigenvalue weighted by Crippen LogP contribution is 2.31. The van der Waals surface area contributed by atoms with Gasteiger partial charge in [-0.1, -0.05) is 0 Å². The van der Waals surface area contributed by atoms with E-state index >= 15 is 0 Å². The number of aromatic nitrogens is 1. The molecule has 9 heteroatoms. The number of hydrogen-bond donors (Lipinski definition) is 1. The Morgan fingerprint density at radius 2 is 1.93 bits per heavy atom. The van der Waals surface area contributed by atoms with E-state index in [1.54, 1.807) is 56.1 Å². The Labute approximate surface area is 170 Å². The van der Waals surface area contributed by atoms with Crippen LogP contribution in [0, 0.1) is 21.4 Å². The van der Waals surface area contributed by atoms with Crippen LogP contribution >= 0.6 is 11.3 Å². The van der Waals surface area contributed by atoms with Crippen molar-refractivity contribution in [2.75, 3.05) is 19.5 Å². The van der Waals surface area contributed by atoms with Gasteiger partial charge in [-0.3, -0.25) is 10.1 Å². The Bertz CT molecular complexity index is 1100. The van der Waals surface area contributed by atoms with Crippen LogP contribution < -0.4 is 14.8 Å². The molecule has 146 valence electrons. The fourth-order valence-electron chi connectivity index (χ4n) is 2.51. The van der Waals surface area contributed by atoms with Crippen LogP contribution in [-0.4, -0.2) is 24.1 Å². The predicted molar refractivity (Wildman–Crippen MR) is 111 cm³/mol. The Balaban J connectivity index is 1.80. The van der Waals surface area contributed by atoms with Crippen molar-refractivity contribution in [3.8, 4) is 28.8 Å². The molecular weight excluding hydrogens is 392 g/mol. The largest absolute Gasteiger partial charge is 0.493 e. The third-order valence-electron chi connectivity index (χ3n) is 4.00. The topological polar surface area (TPSA) is 110 Å². The van der Waals surface area contributed by atoms with Gasteiger partial charge in [-0.15, -0.1) is 11.3 Å². The van der Waals surface area contributed by atoms with Crippen LogP contribution in [0.15, 0.2) is 54.0 Å². The molecule has 3 rings (SSSR count). The molecule has 0 radical (unpaired) electrons. The first-order chi connectivity index (χ1) is 14.0. The van der Waals surface area contributed by atoms with Crippen molar-refractivity contribution in [3.63, 3.8) is 0 Å². The van der Waals surface area contributed by atoms with Crippen LogP contribution in [-0.2, 0) is 0 Å². The second-order valence-electron chi connectivity index (χ2n) is 5.73. The number of nitrogens with one attached hydrogen (secondary N) is 1. The molecule has 0 fully saturated rings. The van der Waals surface area contributed by atoms with Gasteiger partial charge in [-0.25, -0.2) is 4.98 Å². The summed E-state index contributed by atoms with van der Waals surface area (Å²) in [5.41, 5.74) is 2.48. The summed E-state index contributed by atoms with van der Waals surface area (Å²) in [7, 11) is 3.11. The molecule has 2 aromatic carbocycles. The number of ether oxygens (including phenoxy) is 2. The van der Waals surface area contributed by atoms with Gasteiger partial charge in [0.05, 0.1) is 24.8 Å². The van der Waals surface area contributed by atoms with E-state index in [0.717, 1.165) is 11.3 Å². The number of non-ortho nitro benzene ring substituents is 1. The lowest BCUT2D eigenvalue weighted by Crippen LogP contribution is -1.94. The second-order valence-corrected chi connectivity index (χ2v) is 6.58. The van der Waals surface area contributed by atoms with Gasteiger partial charge in [0.15, 0.2) is 11.5 Å². The van der Waals surface area contributed by atoms with Crippen LogP contribution in [0.3, 0.4) is 0 Å². The molecule has 29 heavy (non-hydrogen) atoms. The zero-order chi connectivity index (χ0) is 20.8. The first-order valence-electron chi connectivity index (χ1n) is 8.35. The average molecular weight is 408 g/mol. The third-order valence-corrected chi connectivity index (χ3v) is 4.87. The molecule has 0 bridgehead atoms. The summed E-state index contributed by atoms with van der Waals surface area (Å²) < 4.78 is 10.5. The highest BCUT2D eigenvalue weighted by Gasteiger charge is 2.11. The zero-order valence-corrected chi connectivity index (χ0v) is 16.4. The molecule has 0 aliphatic heterocycles.